The van der Waals surface area contributed by atoms with Crippen molar-refractivity contribution in [1.29, 1.82) is 0 Å². The van der Waals surface area contributed by atoms with E-state index in [1.807, 2.05) is 31.4 Å². The number of halogens is 4. The minimum atomic E-state index is -4.49. The second-order valence-electron chi connectivity index (χ2n) is 5.07. The van der Waals surface area contributed by atoms with Gasteiger partial charge in [-0.1, -0.05) is 19.9 Å². The van der Waals surface area contributed by atoms with Crippen molar-refractivity contribution in [2.24, 2.45) is 5.92 Å². The Morgan fingerprint density at radius 3 is 2.38 bits per heavy atom. The van der Waals surface area contributed by atoms with Crippen molar-refractivity contribution >= 4 is 17.0 Å². The predicted molar refractivity (Wildman–Crippen MR) is 76.9 cm³/mol. The van der Waals surface area contributed by atoms with E-state index in [0.29, 0.717) is 0 Å². The molecule has 1 atom stereocenters. The Bertz CT molecular complexity index is 590. The van der Waals surface area contributed by atoms with Gasteiger partial charge in [0.05, 0.1) is 17.3 Å². The van der Waals surface area contributed by atoms with Crippen LogP contribution >= 0.6 is 11.3 Å². The molecule has 0 radical (unpaired) electrons. The Kier molecular flexibility index (Phi) is 4.56. The van der Waals surface area contributed by atoms with Crippen LogP contribution in [0.3, 0.4) is 0 Å². The Morgan fingerprint density at radius 1 is 1.14 bits per heavy atom. The van der Waals surface area contributed by atoms with Crippen molar-refractivity contribution in [3.63, 3.8) is 0 Å². The molecule has 1 aromatic carbocycles. The third kappa shape index (κ3) is 3.75. The molecule has 0 aliphatic carbocycles. The summed E-state index contributed by atoms with van der Waals surface area (Å²) in [6.07, 6.45) is -4.49. The fraction of sp³-hybridized carbons (Fsp3) is 0.333. The van der Waals surface area contributed by atoms with Crippen molar-refractivity contribution in [2.45, 2.75) is 26.1 Å². The third-order valence-corrected chi connectivity index (χ3v) is 4.08. The van der Waals surface area contributed by atoms with E-state index in [1.54, 1.807) is 0 Å². The van der Waals surface area contributed by atoms with E-state index >= 15 is 0 Å². The SMILES string of the molecule is CC(C)C(Nc1cc(C(F)(F)F)ccc1F)c1cccs1. The first-order valence-corrected chi connectivity index (χ1v) is 7.33. The van der Waals surface area contributed by atoms with E-state index < -0.39 is 17.6 Å². The summed E-state index contributed by atoms with van der Waals surface area (Å²) < 4.78 is 52.0. The highest BCUT2D eigenvalue weighted by atomic mass is 32.1. The molecule has 2 rings (SSSR count). The van der Waals surface area contributed by atoms with Crippen LogP contribution < -0.4 is 5.32 Å². The number of hydrogen-bond donors (Lipinski definition) is 1. The number of benzene rings is 1. The molecule has 1 nitrogen and oxygen atoms in total. The zero-order chi connectivity index (χ0) is 15.6. The van der Waals surface area contributed by atoms with Crippen LogP contribution in [0.2, 0.25) is 0 Å². The zero-order valence-corrected chi connectivity index (χ0v) is 12.4. The standard InChI is InChI=1S/C15H15F4NS/c1-9(2)14(13-4-3-7-21-13)20-12-8-10(15(17,18)19)5-6-11(12)16/h3-9,14,20H,1-2H3. The molecule has 1 N–H and O–H groups in total. The van der Waals surface area contributed by atoms with Crippen molar-refractivity contribution in [1.82, 2.24) is 0 Å². The summed E-state index contributed by atoms with van der Waals surface area (Å²) in [6.45, 7) is 3.87. The van der Waals surface area contributed by atoms with Crippen LogP contribution in [0.1, 0.15) is 30.3 Å². The molecular formula is C15H15F4NS. The van der Waals surface area contributed by atoms with Gasteiger partial charge in [0.2, 0.25) is 0 Å². The lowest BCUT2D eigenvalue weighted by Gasteiger charge is -2.23. The van der Waals surface area contributed by atoms with E-state index in [2.05, 4.69) is 5.32 Å². The lowest BCUT2D eigenvalue weighted by Crippen LogP contribution is -2.17. The summed E-state index contributed by atoms with van der Waals surface area (Å²) in [4.78, 5) is 0.960. The van der Waals surface area contributed by atoms with E-state index in [0.717, 1.165) is 23.1 Å². The van der Waals surface area contributed by atoms with Crippen LogP contribution in [0.25, 0.3) is 0 Å². The molecule has 0 saturated carbocycles. The van der Waals surface area contributed by atoms with Gasteiger partial charge in [0, 0.05) is 4.88 Å². The second kappa shape index (κ2) is 6.05. The van der Waals surface area contributed by atoms with Crippen LogP contribution in [0.4, 0.5) is 23.2 Å². The van der Waals surface area contributed by atoms with Gasteiger partial charge in [-0.25, -0.2) is 4.39 Å². The van der Waals surface area contributed by atoms with Crippen LogP contribution in [0.15, 0.2) is 35.7 Å². The van der Waals surface area contributed by atoms with Gasteiger partial charge >= 0.3 is 6.18 Å². The van der Waals surface area contributed by atoms with Gasteiger partial charge in [-0.2, -0.15) is 13.2 Å². The first kappa shape index (κ1) is 15.8. The third-order valence-electron chi connectivity index (χ3n) is 3.12. The van der Waals surface area contributed by atoms with Crippen molar-refractivity contribution < 1.29 is 17.6 Å². The van der Waals surface area contributed by atoms with Crippen LogP contribution in [-0.2, 0) is 6.18 Å². The van der Waals surface area contributed by atoms with Gasteiger partial charge in [0.1, 0.15) is 5.82 Å². The molecule has 6 heteroatoms. The van der Waals surface area contributed by atoms with E-state index in [-0.39, 0.29) is 17.6 Å². The summed E-state index contributed by atoms with van der Waals surface area (Å²) in [5.41, 5.74) is -0.989. The fourth-order valence-corrected chi connectivity index (χ4v) is 2.96. The average molecular weight is 317 g/mol. The van der Waals surface area contributed by atoms with Crippen LogP contribution in [-0.4, -0.2) is 0 Å². The number of alkyl halides is 3. The van der Waals surface area contributed by atoms with Gasteiger partial charge in [-0.05, 0) is 35.6 Å². The van der Waals surface area contributed by atoms with E-state index in [4.69, 9.17) is 0 Å². The Hall–Kier alpha value is -1.56. The lowest BCUT2D eigenvalue weighted by atomic mass is 10.0. The number of hydrogen-bond acceptors (Lipinski definition) is 2. The monoisotopic (exact) mass is 317 g/mol. The first-order valence-electron chi connectivity index (χ1n) is 6.45. The highest BCUT2D eigenvalue weighted by Gasteiger charge is 2.31. The van der Waals surface area contributed by atoms with Crippen LogP contribution in [0.5, 0.6) is 0 Å². The van der Waals surface area contributed by atoms with Gasteiger partial charge in [-0.3, -0.25) is 0 Å². The summed E-state index contributed by atoms with van der Waals surface area (Å²) in [6, 6.07) is 5.92. The minimum absolute atomic E-state index is 0.109. The predicted octanol–water partition coefficient (Wildman–Crippen LogP) is 5.72. The summed E-state index contributed by atoms with van der Waals surface area (Å²) in [7, 11) is 0. The molecule has 21 heavy (non-hydrogen) atoms. The van der Waals surface area contributed by atoms with Gasteiger partial charge in [0.25, 0.3) is 0 Å². The van der Waals surface area contributed by atoms with E-state index in [9.17, 15) is 17.6 Å². The highest BCUT2D eigenvalue weighted by molar-refractivity contribution is 7.10. The molecular weight excluding hydrogens is 302 g/mol. The molecule has 0 spiro atoms. The summed E-state index contributed by atoms with van der Waals surface area (Å²) in [5.74, 6) is -0.581. The van der Waals surface area contributed by atoms with Crippen molar-refractivity contribution in [2.75, 3.05) is 5.32 Å². The molecule has 1 unspecified atom stereocenters. The smallest absolute Gasteiger partial charge is 0.375 e. The summed E-state index contributed by atoms with van der Waals surface area (Å²) >= 11 is 1.49. The Labute approximate surface area is 124 Å². The number of anilines is 1. The quantitative estimate of drug-likeness (QED) is 0.712. The minimum Gasteiger partial charge on any atom is -0.375 e. The zero-order valence-electron chi connectivity index (χ0n) is 11.5. The maximum absolute atomic E-state index is 13.8. The molecule has 0 aliphatic heterocycles. The Morgan fingerprint density at radius 2 is 1.86 bits per heavy atom. The molecule has 1 aromatic heterocycles. The molecule has 114 valence electrons. The number of rotatable bonds is 4. The van der Waals surface area contributed by atoms with Gasteiger partial charge < -0.3 is 5.32 Å². The van der Waals surface area contributed by atoms with Crippen LogP contribution in [0, 0.1) is 11.7 Å². The molecule has 0 amide bonds. The van der Waals surface area contributed by atoms with Gasteiger partial charge in [-0.15, -0.1) is 11.3 Å². The molecule has 0 fully saturated rings. The van der Waals surface area contributed by atoms with Crippen molar-refractivity contribution in [3.05, 3.63) is 52.0 Å². The van der Waals surface area contributed by atoms with Gasteiger partial charge in [0.15, 0.2) is 0 Å². The Balaban J connectivity index is 2.33. The molecule has 1 heterocycles. The fourth-order valence-electron chi connectivity index (χ4n) is 2.01. The maximum atomic E-state index is 13.8. The molecule has 2 aromatic rings. The molecule has 0 aliphatic rings. The lowest BCUT2D eigenvalue weighted by molar-refractivity contribution is -0.137. The van der Waals surface area contributed by atoms with E-state index in [1.165, 1.54) is 11.3 Å². The van der Waals surface area contributed by atoms with Crippen molar-refractivity contribution in [3.8, 4) is 0 Å². The number of nitrogens with one attached hydrogen (secondary N) is 1. The summed E-state index contributed by atoms with van der Waals surface area (Å²) in [5, 5.41) is 4.78. The highest BCUT2D eigenvalue weighted by Crippen LogP contribution is 2.35. The molecule has 0 saturated heterocycles. The topological polar surface area (TPSA) is 12.0 Å². The largest absolute Gasteiger partial charge is 0.416 e. The molecule has 0 bridgehead atoms. The first-order chi connectivity index (χ1) is 9.79. The maximum Gasteiger partial charge on any atom is 0.416 e. The average Bonchev–Trinajstić information content (AvgIpc) is 2.89. The normalized spacial score (nSPS) is 13.5. The number of thiophene rings is 1. The second-order valence-corrected chi connectivity index (χ2v) is 6.05.